The van der Waals surface area contributed by atoms with E-state index in [9.17, 15) is 8.42 Å². The van der Waals surface area contributed by atoms with Gasteiger partial charge in [0, 0.05) is 19.1 Å². The molecule has 0 bridgehead atoms. The van der Waals surface area contributed by atoms with E-state index in [1.807, 2.05) is 12.1 Å². The van der Waals surface area contributed by atoms with E-state index in [1.165, 1.54) is 6.26 Å². The van der Waals surface area contributed by atoms with E-state index < -0.39 is 9.84 Å². The van der Waals surface area contributed by atoms with Crippen molar-refractivity contribution in [1.29, 1.82) is 0 Å². The molecule has 1 aromatic carbocycles. The number of rotatable bonds is 5. The molecule has 1 aromatic rings. The Kier molecular flexibility index (Phi) is 4.67. The van der Waals surface area contributed by atoms with Crippen LogP contribution >= 0.6 is 0 Å². The summed E-state index contributed by atoms with van der Waals surface area (Å²) in [5.41, 5.74) is 0.850. The van der Waals surface area contributed by atoms with Gasteiger partial charge >= 0.3 is 0 Å². The zero-order valence-corrected chi connectivity index (χ0v) is 12.8. The Labute approximate surface area is 120 Å². The molecular formula is C14H22N2O3S. The van der Waals surface area contributed by atoms with Gasteiger partial charge in [0.05, 0.1) is 17.0 Å². The fourth-order valence-electron chi connectivity index (χ4n) is 2.58. The van der Waals surface area contributed by atoms with E-state index in [-0.39, 0.29) is 5.54 Å². The predicted molar refractivity (Wildman–Crippen MR) is 79.9 cm³/mol. The summed E-state index contributed by atoms with van der Waals surface area (Å²) in [5, 5.41) is 6.85. The second-order valence-electron chi connectivity index (χ2n) is 5.38. The number of methoxy groups -OCH3 is 1. The number of piperidine rings is 1. The van der Waals surface area contributed by atoms with E-state index in [2.05, 4.69) is 10.6 Å². The van der Waals surface area contributed by atoms with Gasteiger partial charge in [-0.15, -0.1) is 0 Å². The van der Waals surface area contributed by atoms with E-state index in [0.717, 1.165) is 31.6 Å². The number of sulfone groups is 1. The Morgan fingerprint density at radius 3 is 2.35 bits per heavy atom. The molecular weight excluding hydrogens is 276 g/mol. The van der Waals surface area contributed by atoms with Gasteiger partial charge in [-0.2, -0.15) is 0 Å². The zero-order valence-electron chi connectivity index (χ0n) is 12.0. The van der Waals surface area contributed by atoms with E-state index in [4.69, 9.17) is 4.74 Å². The maximum absolute atomic E-state index is 11.5. The van der Waals surface area contributed by atoms with Crippen LogP contribution in [0, 0.1) is 0 Å². The molecule has 1 aliphatic heterocycles. The summed E-state index contributed by atoms with van der Waals surface area (Å²) in [6, 6.07) is 6.91. The van der Waals surface area contributed by atoms with Crippen molar-refractivity contribution >= 4 is 15.5 Å². The molecule has 0 saturated carbocycles. The normalized spacial score (nSPS) is 18.7. The molecule has 0 spiro atoms. The molecule has 6 heteroatoms. The minimum Gasteiger partial charge on any atom is -0.382 e. The SMILES string of the molecule is COCC1(Nc2ccc(S(C)(=O)=O)cc2)CCNCC1. The van der Waals surface area contributed by atoms with Crippen LogP contribution in [0.2, 0.25) is 0 Å². The number of hydrogen-bond donors (Lipinski definition) is 2. The molecule has 0 aliphatic carbocycles. The number of ether oxygens (including phenoxy) is 1. The first-order chi connectivity index (χ1) is 9.45. The minimum absolute atomic E-state index is 0.0768. The summed E-state index contributed by atoms with van der Waals surface area (Å²) in [7, 11) is -1.43. The van der Waals surface area contributed by atoms with Crippen molar-refractivity contribution in [3.8, 4) is 0 Å². The van der Waals surface area contributed by atoms with Gasteiger partial charge in [-0.1, -0.05) is 0 Å². The largest absolute Gasteiger partial charge is 0.382 e. The smallest absolute Gasteiger partial charge is 0.175 e. The Morgan fingerprint density at radius 1 is 1.25 bits per heavy atom. The third kappa shape index (κ3) is 3.71. The third-order valence-corrected chi connectivity index (χ3v) is 4.80. The molecule has 0 unspecified atom stereocenters. The number of benzene rings is 1. The maximum atomic E-state index is 11.5. The molecule has 0 amide bonds. The first-order valence-electron chi connectivity index (χ1n) is 6.73. The third-order valence-electron chi connectivity index (χ3n) is 3.67. The molecule has 1 heterocycles. The van der Waals surface area contributed by atoms with Crippen LogP contribution in [0.5, 0.6) is 0 Å². The second-order valence-corrected chi connectivity index (χ2v) is 7.40. The summed E-state index contributed by atoms with van der Waals surface area (Å²) in [4.78, 5) is 0.342. The van der Waals surface area contributed by atoms with Crippen molar-refractivity contribution in [1.82, 2.24) is 5.32 Å². The topological polar surface area (TPSA) is 67.4 Å². The molecule has 0 radical (unpaired) electrons. The van der Waals surface area contributed by atoms with Gasteiger partial charge in [0.1, 0.15) is 0 Å². The summed E-state index contributed by atoms with van der Waals surface area (Å²) in [5.74, 6) is 0. The van der Waals surface area contributed by atoms with Crippen LogP contribution in [0.4, 0.5) is 5.69 Å². The molecule has 5 nitrogen and oxygen atoms in total. The highest BCUT2D eigenvalue weighted by Crippen LogP contribution is 2.25. The van der Waals surface area contributed by atoms with Crippen LogP contribution < -0.4 is 10.6 Å². The van der Waals surface area contributed by atoms with Gasteiger partial charge in [0.15, 0.2) is 9.84 Å². The summed E-state index contributed by atoms with van der Waals surface area (Å²) < 4.78 is 28.3. The van der Waals surface area contributed by atoms with Crippen LogP contribution in [-0.4, -0.2) is 47.0 Å². The number of anilines is 1. The van der Waals surface area contributed by atoms with Gasteiger partial charge in [0.25, 0.3) is 0 Å². The molecule has 1 aliphatic rings. The molecule has 0 aromatic heterocycles. The lowest BCUT2D eigenvalue weighted by Gasteiger charge is -2.38. The quantitative estimate of drug-likeness (QED) is 0.857. The minimum atomic E-state index is -3.14. The van der Waals surface area contributed by atoms with Gasteiger partial charge in [-0.3, -0.25) is 0 Å². The fraction of sp³-hybridized carbons (Fsp3) is 0.571. The highest BCUT2D eigenvalue weighted by Gasteiger charge is 2.31. The van der Waals surface area contributed by atoms with Crippen molar-refractivity contribution in [3.05, 3.63) is 24.3 Å². The van der Waals surface area contributed by atoms with Gasteiger partial charge < -0.3 is 15.4 Å². The van der Waals surface area contributed by atoms with E-state index >= 15 is 0 Å². The molecule has 0 atom stereocenters. The van der Waals surface area contributed by atoms with E-state index in [1.54, 1.807) is 19.2 Å². The standard InChI is InChI=1S/C14H22N2O3S/c1-19-11-14(7-9-15-10-8-14)16-12-3-5-13(6-4-12)20(2,17)18/h3-6,15-16H,7-11H2,1-2H3. The molecule has 2 rings (SSSR count). The highest BCUT2D eigenvalue weighted by molar-refractivity contribution is 7.90. The lowest BCUT2D eigenvalue weighted by atomic mass is 9.89. The van der Waals surface area contributed by atoms with Gasteiger partial charge in [-0.25, -0.2) is 8.42 Å². The van der Waals surface area contributed by atoms with Crippen LogP contribution in [0.3, 0.4) is 0 Å². The average Bonchev–Trinajstić information content (AvgIpc) is 2.39. The molecule has 1 saturated heterocycles. The van der Waals surface area contributed by atoms with Gasteiger partial charge in [-0.05, 0) is 50.2 Å². The van der Waals surface area contributed by atoms with Crippen molar-refractivity contribution in [2.45, 2.75) is 23.3 Å². The molecule has 112 valence electrons. The Bertz CT molecular complexity index is 529. The van der Waals surface area contributed by atoms with Crippen LogP contribution in [0.1, 0.15) is 12.8 Å². The van der Waals surface area contributed by atoms with Crippen molar-refractivity contribution in [2.75, 3.05) is 38.4 Å². The summed E-state index contributed by atoms with van der Waals surface area (Å²) in [6.45, 7) is 2.55. The second kappa shape index (κ2) is 6.11. The van der Waals surface area contributed by atoms with Gasteiger partial charge in [0.2, 0.25) is 0 Å². The first-order valence-corrected chi connectivity index (χ1v) is 8.62. The summed E-state index contributed by atoms with van der Waals surface area (Å²) >= 11 is 0. The number of hydrogen-bond acceptors (Lipinski definition) is 5. The van der Waals surface area contributed by atoms with E-state index in [0.29, 0.717) is 11.5 Å². The zero-order chi connectivity index (χ0) is 14.6. The summed E-state index contributed by atoms with van der Waals surface area (Å²) in [6.07, 6.45) is 3.18. The van der Waals surface area contributed by atoms with Crippen LogP contribution in [-0.2, 0) is 14.6 Å². The van der Waals surface area contributed by atoms with Crippen molar-refractivity contribution in [3.63, 3.8) is 0 Å². The lowest BCUT2D eigenvalue weighted by Crippen LogP contribution is -2.50. The molecule has 2 N–H and O–H groups in total. The van der Waals surface area contributed by atoms with Crippen molar-refractivity contribution in [2.24, 2.45) is 0 Å². The monoisotopic (exact) mass is 298 g/mol. The Balaban J connectivity index is 2.14. The Morgan fingerprint density at radius 2 is 1.85 bits per heavy atom. The molecule has 1 fully saturated rings. The first kappa shape index (κ1) is 15.3. The fourth-order valence-corrected chi connectivity index (χ4v) is 3.21. The maximum Gasteiger partial charge on any atom is 0.175 e. The predicted octanol–water partition coefficient (Wildman–Crippen LogP) is 1.27. The van der Waals surface area contributed by atoms with Crippen LogP contribution in [0.25, 0.3) is 0 Å². The Hall–Kier alpha value is -1.11. The number of nitrogens with one attached hydrogen (secondary N) is 2. The highest BCUT2D eigenvalue weighted by atomic mass is 32.2. The van der Waals surface area contributed by atoms with Crippen molar-refractivity contribution < 1.29 is 13.2 Å². The van der Waals surface area contributed by atoms with Crippen LogP contribution in [0.15, 0.2) is 29.2 Å². The average molecular weight is 298 g/mol. The molecule has 20 heavy (non-hydrogen) atoms. The lowest BCUT2D eigenvalue weighted by molar-refractivity contribution is 0.124.